The molecule has 2 nitrogen and oxygen atoms in total. The van der Waals surface area contributed by atoms with Crippen LogP contribution in [0.1, 0.15) is 41.5 Å². The van der Waals surface area contributed by atoms with Crippen LogP contribution in [-0.2, 0) is 0 Å². The Morgan fingerprint density at radius 2 is 1.38 bits per heavy atom. The molecule has 0 saturated heterocycles. The number of nitrogens with one attached hydrogen (secondary N) is 2. The van der Waals surface area contributed by atoms with Crippen molar-refractivity contribution in [2.75, 3.05) is 26.7 Å². The average molecular weight is 190 g/mol. The molecule has 0 fully saturated rings. The summed E-state index contributed by atoms with van der Waals surface area (Å²) in [5.74, 6) is 0.792. The van der Waals surface area contributed by atoms with Crippen molar-refractivity contribution in [2.45, 2.75) is 41.5 Å². The van der Waals surface area contributed by atoms with Crippen molar-refractivity contribution in [3.05, 3.63) is 0 Å². The summed E-state index contributed by atoms with van der Waals surface area (Å²) in [6.07, 6.45) is 0. The van der Waals surface area contributed by atoms with Gasteiger partial charge in [0.05, 0.1) is 0 Å². The summed E-state index contributed by atoms with van der Waals surface area (Å²) in [7, 11) is 1.93. The SMILES string of the molecule is CC.CCNC.CCNCC(C)C. The first-order chi connectivity index (χ1) is 6.18. The van der Waals surface area contributed by atoms with Gasteiger partial charge in [-0.2, -0.15) is 0 Å². The van der Waals surface area contributed by atoms with Gasteiger partial charge in [0.25, 0.3) is 0 Å². The van der Waals surface area contributed by atoms with Gasteiger partial charge in [0.1, 0.15) is 0 Å². The fraction of sp³-hybridized carbons (Fsp3) is 1.00. The van der Waals surface area contributed by atoms with Crippen LogP contribution in [0.2, 0.25) is 0 Å². The zero-order chi connectivity index (χ0) is 11.1. The van der Waals surface area contributed by atoms with E-state index in [9.17, 15) is 0 Å². The zero-order valence-electron chi connectivity index (χ0n) is 10.7. The number of rotatable bonds is 4. The van der Waals surface area contributed by atoms with E-state index in [0.717, 1.165) is 25.6 Å². The van der Waals surface area contributed by atoms with Gasteiger partial charge in [-0.3, -0.25) is 0 Å². The third-order valence-electron chi connectivity index (χ3n) is 1.16. The molecule has 0 heterocycles. The molecule has 0 radical (unpaired) electrons. The summed E-state index contributed by atoms with van der Waals surface area (Å²) in [4.78, 5) is 0. The van der Waals surface area contributed by atoms with Crippen LogP contribution in [0.4, 0.5) is 0 Å². The Morgan fingerprint density at radius 3 is 1.46 bits per heavy atom. The van der Waals surface area contributed by atoms with Crippen LogP contribution in [0.3, 0.4) is 0 Å². The molecule has 0 aromatic carbocycles. The Bertz CT molecular complexity index is 52.1. The van der Waals surface area contributed by atoms with Gasteiger partial charge in [-0.1, -0.05) is 41.5 Å². The van der Waals surface area contributed by atoms with Crippen molar-refractivity contribution >= 4 is 0 Å². The fourth-order valence-electron chi connectivity index (χ4n) is 0.433. The molecule has 0 unspecified atom stereocenters. The van der Waals surface area contributed by atoms with Gasteiger partial charge < -0.3 is 10.6 Å². The van der Waals surface area contributed by atoms with Gasteiger partial charge in [0, 0.05) is 0 Å². The van der Waals surface area contributed by atoms with Gasteiger partial charge in [0.2, 0.25) is 0 Å². The van der Waals surface area contributed by atoms with E-state index in [2.05, 4.69) is 38.3 Å². The van der Waals surface area contributed by atoms with E-state index < -0.39 is 0 Å². The van der Waals surface area contributed by atoms with Crippen LogP contribution in [0.5, 0.6) is 0 Å². The predicted molar refractivity (Wildman–Crippen MR) is 64.3 cm³/mol. The maximum Gasteiger partial charge on any atom is -0.00259 e. The summed E-state index contributed by atoms with van der Waals surface area (Å²) >= 11 is 0. The van der Waals surface area contributed by atoms with Crippen molar-refractivity contribution in [1.82, 2.24) is 10.6 Å². The zero-order valence-corrected chi connectivity index (χ0v) is 10.7. The third-order valence-corrected chi connectivity index (χ3v) is 1.16. The summed E-state index contributed by atoms with van der Waals surface area (Å²) < 4.78 is 0. The molecular formula is C11H30N2. The number of hydrogen-bond donors (Lipinski definition) is 2. The molecule has 84 valence electrons. The molecule has 0 atom stereocenters. The molecule has 0 saturated carbocycles. The van der Waals surface area contributed by atoms with Crippen LogP contribution < -0.4 is 10.6 Å². The molecule has 2 heteroatoms. The minimum atomic E-state index is 0.792. The minimum Gasteiger partial charge on any atom is -0.320 e. The molecule has 0 bridgehead atoms. The Hall–Kier alpha value is -0.0800. The Morgan fingerprint density at radius 1 is 1.00 bits per heavy atom. The van der Waals surface area contributed by atoms with E-state index in [-0.39, 0.29) is 0 Å². The Balaban J connectivity index is -0.000000142. The van der Waals surface area contributed by atoms with E-state index in [1.807, 2.05) is 20.9 Å². The van der Waals surface area contributed by atoms with Crippen molar-refractivity contribution in [1.29, 1.82) is 0 Å². The largest absolute Gasteiger partial charge is 0.320 e. The lowest BCUT2D eigenvalue weighted by atomic mass is 10.2. The summed E-state index contributed by atoms with van der Waals surface area (Å²) in [5.41, 5.74) is 0. The van der Waals surface area contributed by atoms with Gasteiger partial charge in [-0.05, 0) is 32.6 Å². The normalized spacial score (nSPS) is 8.31. The fourth-order valence-corrected chi connectivity index (χ4v) is 0.433. The smallest absolute Gasteiger partial charge is 0.00259 e. The topological polar surface area (TPSA) is 24.1 Å². The molecule has 2 N–H and O–H groups in total. The van der Waals surface area contributed by atoms with Gasteiger partial charge >= 0.3 is 0 Å². The van der Waals surface area contributed by atoms with Gasteiger partial charge in [0.15, 0.2) is 0 Å². The lowest BCUT2D eigenvalue weighted by Crippen LogP contribution is -2.18. The van der Waals surface area contributed by atoms with Crippen molar-refractivity contribution in [2.24, 2.45) is 5.92 Å². The first-order valence-corrected chi connectivity index (χ1v) is 5.54. The Kier molecular flexibility index (Phi) is 32.5. The molecule has 0 aliphatic carbocycles. The first-order valence-electron chi connectivity index (χ1n) is 5.54. The third kappa shape index (κ3) is 48.5. The monoisotopic (exact) mass is 190 g/mol. The highest BCUT2D eigenvalue weighted by Crippen LogP contribution is 1.84. The maximum absolute atomic E-state index is 3.25. The molecule has 13 heavy (non-hydrogen) atoms. The van der Waals surface area contributed by atoms with E-state index >= 15 is 0 Å². The molecule has 0 aromatic heterocycles. The van der Waals surface area contributed by atoms with Crippen molar-refractivity contribution in [3.8, 4) is 0 Å². The van der Waals surface area contributed by atoms with E-state index in [0.29, 0.717) is 0 Å². The van der Waals surface area contributed by atoms with Crippen LogP contribution >= 0.6 is 0 Å². The second-order valence-corrected chi connectivity index (χ2v) is 2.91. The molecule has 0 aromatic rings. The molecule has 0 amide bonds. The first kappa shape index (κ1) is 18.7. The molecule has 0 rings (SSSR count). The standard InChI is InChI=1S/C6H15N.C3H9N.C2H6/c1-4-7-5-6(2)3;1-3-4-2;1-2/h6-7H,4-5H2,1-3H3;4H,3H2,1-2H3;1-2H3. The van der Waals surface area contributed by atoms with Crippen LogP contribution in [0.25, 0.3) is 0 Å². The van der Waals surface area contributed by atoms with E-state index in [1.165, 1.54) is 0 Å². The summed E-state index contributed by atoms with van der Waals surface area (Å²) in [6.45, 7) is 15.9. The molecule has 0 aliphatic rings. The van der Waals surface area contributed by atoms with Crippen LogP contribution in [-0.4, -0.2) is 26.7 Å². The molecule has 0 spiro atoms. The van der Waals surface area contributed by atoms with Gasteiger partial charge in [-0.25, -0.2) is 0 Å². The lowest BCUT2D eigenvalue weighted by Gasteiger charge is -2.01. The average Bonchev–Trinajstić information content (AvgIpc) is 2.18. The molecule has 0 aliphatic heterocycles. The second kappa shape index (κ2) is 22.7. The molecular weight excluding hydrogens is 160 g/mol. The predicted octanol–water partition coefficient (Wildman–Crippen LogP) is 2.50. The van der Waals surface area contributed by atoms with E-state index in [1.54, 1.807) is 0 Å². The van der Waals surface area contributed by atoms with E-state index in [4.69, 9.17) is 0 Å². The highest BCUT2D eigenvalue weighted by molar-refractivity contribution is 4.46. The lowest BCUT2D eigenvalue weighted by molar-refractivity contribution is 0.566. The van der Waals surface area contributed by atoms with Gasteiger partial charge in [-0.15, -0.1) is 0 Å². The highest BCUT2D eigenvalue weighted by atomic mass is 14.8. The van der Waals surface area contributed by atoms with Crippen molar-refractivity contribution in [3.63, 3.8) is 0 Å². The van der Waals surface area contributed by atoms with Crippen LogP contribution in [0.15, 0.2) is 0 Å². The summed E-state index contributed by atoms with van der Waals surface area (Å²) in [6, 6.07) is 0. The minimum absolute atomic E-state index is 0.792. The quantitative estimate of drug-likeness (QED) is 0.712. The summed E-state index contributed by atoms with van der Waals surface area (Å²) in [5, 5.41) is 6.18. The Labute approximate surface area is 85.5 Å². The second-order valence-electron chi connectivity index (χ2n) is 2.91. The van der Waals surface area contributed by atoms with Crippen molar-refractivity contribution < 1.29 is 0 Å². The highest BCUT2D eigenvalue weighted by Gasteiger charge is 1.86. The van der Waals surface area contributed by atoms with Crippen LogP contribution in [0, 0.1) is 5.92 Å². The maximum atomic E-state index is 3.25. The number of hydrogen-bond acceptors (Lipinski definition) is 2.